The molecule has 1 amide bonds. The number of allylic oxidation sites excluding steroid dienone is 1. The standard InChI is InChI=1S/C21H22F3NO4S/c1-4-30(28,29)18-11-5-15(6-12-18)13-19(26)25-17-9-7-16(8-10-17)20(27,14(2)3)21(22,23)24/h5-7,9,11-12,14,27H,4,13H2,1-3H3,(H,25,26). The lowest BCUT2D eigenvalue weighted by Gasteiger charge is -2.34. The monoisotopic (exact) mass is 441 g/mol. The number of carbonyl (C=O) groups is 1. The molecule has 0 radical (unpaired) electrons. The zero-order valence-corrected chi connectivity index (χ0v) is 17.5. The molecule has 0 heterocycles. The van der Waals surface area contributed by atoms with Gasteiger partial charge in [-0.15, -0.1) is 0 Å². The molecule has 1 unspecified atom stereocenters. The molecular weight excluding hydrogens is 419 g/mol. The van der Waals surface area contributed by atoms with Crippen LogP contribution < -0.4 is 5.32 Å². The van der Waals surface area contributed by atoms with Crippen molar-refractivity contribution in [3.05, 3.63) is 64.7 Å². The largest absolute Gasteiger partial charge is 0.422 e. The number of nitrogens with one attached hydrogen (secondary N) is 1. The first-order valence-corrected chi connectivity index (χ1v) is 10.8. The predicted molar refractivity (Wildman–Crippen MR) is 105 cm³/mol. The summed E-state index contributed by atoms with van der Waals surface area (Å²) in [6.07, 6.45) is -2.71. The van der Waals surface area contributed by atoms with Gasteiger partial charge in [-0.05, 0) is 41.5 Å². The molecule has 0 saturated carbocycles. The fourth-order valence-electron chi connectivity index (χ4n) is 2.83. The second-order valence-corrected chi connectivity index (χ2v) is 9.38. The van der Waals surface area contributed by atoms with Crippen LogP contribution in [0, 0.1) is 5.92 Å². The van der Waals surface area contributed by atoms with Gasteiger partial charge in [-0.3, -0.25) is 4.79 Å². The molecule has 0 spiro atoms. The molecule has 9 heteroatoms. The van der Waals surface area contributed by atoms with Gasteiger partial charge in [-0.2, -0.15) is 13.2 Å². The maximum Gasteiger partial charge on any atom is 0.422 e. The highest BCUT2D eigenvalue weighted by Crippen LogP contribution is 2.42. The summed E-state index contributed by atoms with van der Waals surface area (Å²) in [5.74, 6) is -1.65. The number of benzene rings is 1. The first-order valence-electron chi connectivity index (χ1n) is 9.16. The fourth-order valence-corrected chi connectivity index (χ4v) is 3.72. The van der Waals surface area contributed by atoms with Gasteiger partial charge in [0.05, 0.1) is 22.8 Å². The van der Waals surface area contributed by atoms with Gasteiger partial charge in [-0.1, -0.05) is 38.6 Å². The zero-order chi connectivity index (χ0) is 22.7. The molecule has 30 heavy (non-hydrogen) atoms. The first-order chi connectivity index (χ1) is 13.8. The fraction of sp³-hybridized carbons (Fsp3) is 0.381. The Balaban J connectivity index is 2.17. The van der Waals surface area contributed by atoms with Crippen molar-refractivity contribution in [1.29, 1.82) is 0 Å². The summed E-state index contributed by atoms with van der Waals surface area (Å²) in [5, 5.41) is 12.6. The third kappa shape index (κ3) is 4.94. The van der Waals surface area contributed by atoms with Crippen molar-refractivity contribution in [3.8, 4) is 0 Å². The van der Waals surface area contributed by atoms with Crippen LogP contribution in [0.5, 0.6) is 0 Å². The minimum atomic E-state index is -4.90. The molecular formula is C21H22F3NO4S. The highest BCUT2D eigenvalue weighted by Gasteiger charge is 2.58. The van der Waals surface area contributed by atoms with Crippen LogP contribution >= 0.6 is 0 Å². The molecule has 2 N–H and O–H groups in total. The second-order valence-electron chi connectivity index (χ2n) is 7.10. The van der Waals surface area contributed by atoms with Crippen molar-refractivity contribution < 1.29 is 31.5 Å². The molecule has 162 valence electrons. The van der Waals surface area contributed by atoms with Gasteiger partial charge < -0.3 is 10.4 Å². The topological polar surface area (TPSA) is 83.5 Å². The molecule has 2 rings (SSSR count). The van der Waals surface area contributed by atoms with E-state index in [0.717, 1.165) is 6.08 Å². The number of rotatable bonds is 7. The number of alkyl halides is 3. The van der Waals surface area contributed by atoms with Gasteiger partial charge in [0, 0.05) is 5.57 Å². The predicted octanol–water partition coefficient (Wildman–Crippen LogP) is 3.22. The van der Waals surface area contributed by atoms with Gasteiger partial charge in [0.2, 0.25) is 5.91 Å². The summed E-state index contributed by atoms with van der Waals surface area (Å²) in [4.78, 5) is 12.3. The van der Waals surface area contributed by atoms with Gasteiger partial charge in [0.15, 0.2) is 15.4 Å². The van der Waals surface area contributed by atoms with Gasteiger partial charge in [0.25, 0.3) is 0 Å². The van der Waals surface area contributed by atoms with Crippen molar-refractivity contribution in [2.45, 2.75) is 43.9 Å². The Morgan fingerprint density at radius 1 is 1.13 bits per heavy atom. The molecule has 0 aliphatic heterocycles. The summed E-state index contributed by atoms with van der Waals surface area (Å²) in [6, 6.07) is 5.88. The molecule has 1 aromatic rings. The highest BCUT2D eigenvalue weighted by molar-refractivity contribution is 7.91. The Bertz CT molecular complexity index is 1060. The molecule has 0 bridgehead atoms. The number of aliphatic hydroxyl groups is 1. The molecule has 1 aromatic carbocycles. The van der Waals surface area contributed by atoms with Crippen molar-refractivity contribution in [1.82, 2.24) is 5.32 Å². The van der Waals surface area contributed by atoms with E-state index in [1.54, 1.807) is 0 Å². The molecule has 1 atom stereocenters. The summed E-state index contributed by atoms with van der Waals surface area (Å²) < 4.78 is 63.6. The average molecular weight is 441 g/mol. The van der Waals surface area contributed by atoms with E-state index in [0.29, 0.717) is 5.56 Å². The maximum atomic E-state index is 13.3. The maximum absolute atomic E-state index is 13.3. The Morgan fingerprint density at radius 2 is 1.73 bits per heavy atom. The number of hydrogen-bond donors (Lipinski definition) is 2. The van der Waals surface area contributed by atoms with Gasteiger partial charge in [-0.25, -0.2) is 8.42 Å². The molecule has 5 nitrogen and oxygen atoms in total. The highest BCUT2D eigenvalue weighted by atomic mass is 32.2. The minimum absolute atomic E-state index is 0.0323. The van der Waals surface area contributed by atoms with Crippen LogP contribution in [0.2, 0.25) is 0 Å². The third-order valence-corrected chi connectivity index (χ3v) is 6.48. The van der Waals surface area contributed by atoms with E-state index in [1.165, 1.54) is 51.1 Å². The van der Waals surface area contributed by atoms with Crippen molar-refractivity contribution in [2.24, 2.45) is 5.92 Å². The van der Waals surface area contributed by atoms with E-state index >= 15 is 0 Å². The number of sulfone groups is 1. The summed E-state index contributed by atoms with van der Waals surface area (Å²) in [5.41, 5.74) is 1.81. The Hall–Kier alpha value is -2.57. The summed E-state index contributed by atoms with van der Waals surface area (Å²) in [7, 11) is -3.34. The van der Waals surface area contributed by atoms with E-state index < -0.39 is 39.0 Å². The average Bonchev–Trinajstić information content (AvgIpc) is 2.67. The Morgan fingerprint density at radius 3 is 2.17 bits per heavy atom. The van der Waals surface area contributed by atoms with Crippen molar-refractivity contribution in [3.63, 3.8) is 0 Å². The van der Waals surface area contributed by atoms with E-state index in [1.807, 2.05) is 0 Å². The van der Waals surface area contributed by atoms with Gasteiger partial charge >= 0.3 is 6.18 Å². The van der Waals surface area contributed by atoms with Crippen LogP contribution in [-0.2, 0) is 21.1 Å². The van der Waals surface area contributed by atoms with Crippen LogP contribution in [-0.4, -0.2) is 37.0 Å². The normalized spacial score (nSPS) is 16.1. The van der Waals surface area contributed by atoms with Crippen LogP contribution in [0.4, 0.5) is 13.2 Å². The first kappa shape index (κ1) is 23.7. The summed E-state index contributed by atoms with van der Waals surface area (Å²) >= 11 is 0. The lowest BCUT2D eigenvalue weighted by Crippen LogP contribution is -2.50. The molecule has 0 aromatic heterocycles. The Labute approximate surface area is 173 Å². The zero-order valence-electron chi connectivity index (χ0n) is 16.7. The SMILES string of the molecule is CCS(=O)(=O)c1ccc(CC(=O)NC2=C=C=C(C(O)(C(C)C)C(F)(F)F)C=C2)cc1. The number of halogens is 3. The number of carbonyl (C=O) groups excluding carboxylic acids is 1. The van der Waals surface area contributed by atoms with E-state index in [9.17, 15) is 31.5 Å². The molecule has 0 saturated heterocycles. The molecule has 1 aliphatic rings. The van der Waals surface area contributed by atoms with E-state index in [4.69, 9.17) is 0 Å². The lowest BCUT2D eigenvalue weighted by molar-refractivity contribution is -0.257. The van der Waals surface area contributed by atoms with Gasteiger partial charge in [0.1, 0.15) is 0 Å². The smallest absolute Gasteiger partial charge is 0.376 e. The molecule has 1 aliphatic carbocycles. The quantitative estimate of drug-likeness (QED) is 0.637. The van der Waals surface area contributed by atoms with Crippen LogP contribution in [0.15, 0.2) is 64.0 Å². The molecule has 0 fully saturated rings. The van der Waals surface area contributed by atoms with Crippen LogP contribution in [0.1, 0.15) is 26.3 Å². The Kier molecular flexibility index (Phi) is 6.84. The third-order valence-electron chi connectivity index (χ3n) is 4.73. The van der Waals surface area contributed by atoms with Crippen molar-refractivity contribution >= 4 is 15.7 Å². The van der Waals surface area contributed by atoms with E-state index in [2.05, 4.69) is 16.8 Å². The minimum Gasteiger partial charge on any atom is -0.376 e. The number of amides is 1. The van der Waals surface area contributed by atoms with Crippen LogP contribution in [0.25, 0.3) is 0 Å². The van der Waals surface area contributed by atoms with Crippen molar-refractivity contribution in [2.75, 3.05) is 5.75 Å². The number of hydrogen-bond acceptors (Lipinski definition) is 4. The van der Waals surface area contributed by atoms with Crippen LogP contribution in [0.3, 0.4) is 0 Å². The van der Waals surface area contributed by atoms with E-state index in [-0.39, 0.29) is 22.8 Å². The summed E-state index contributed by atoms with van der Waals surface area (Å²) in [6.45, 7) is 4.02. The lowest BCUT2D eigenvalue weighted by atomic mass is 9.82. The second kappa shape index (κ2) is 8.66.